The van der Waals surface area contributed by atoms with Crippen LogP contribution >= 0.6 is 0 Å². The van der Waals surface area contributed by atoms with Crippen molar-refractivity contribution < 1.29 is 14.3 Å². The zero-order chi connectivity index (χ0) is 7.40. The lowest BCUT2D eigenvalue weighted by Crippen LogP contribution is -2.12. The molecule has 0 aromatic rings. The van der Waals surface area contributed by atoms with Gasteiger partial charge in [-0.25, -0.2) is 4.79 Å². The summed E-state index contributed by atoms with van der Waals surface area (Å²) in [5.74, 6) is 0. The first-order valence-electron chi connectivity index (χ1n) is 2.67. The molecule has 0 amide bonds. The van der Waals surface area contributed by atoms with Gasteiger partial charge >= 0.3 is 6.16 Å². The number of ether oxygens (including phenoxy) is 2. The van der Waals surface area contributed by atoms with Crippen LogP contribution in [0, 0.1) is 0 Å². The first-order valence-corrected chi connectivity index (χ1v) is 2.67. The number of carbonyl (C=O) groups excluding carboxylic acids is 1. The summed E-state index contributed by atoms with van der Waals surface area (Å²) in [6.07, 6.45) is -1.10. The van der Waals surface area contributed by atoms with Crippen LogP contribution in [0.25, 0.3) is 10.4 Å². The van der Waals surface area contributed by atoms with Gasteiger partial charge in [0.25, 0.3) is 0 Å². The van der Waals surface area contributed by atoms with Crippen LogP contribution < -0.4 is 0 Å². The Morgan fingerprint density at radius 3 is 3.20 bits per heavy atom. The van der Waals surface area contributed by atoms with Gasteiger partial charge in [0.05, 0.1) is 6.54 Å². The van der Waals surface area contributed by atoms with E-state index in [1.807, 2.05) is 0 Å². The molecule has 1 saturated heterocycles. The molecule has 1 heterocycles. The van der Waals surface area contributed by atoms with Gasteiger partial charge < -0.3 is 9.47 Å². The summed E-state index contributed by atoms with van der Waals surface area (Å²) in [7, 11) is 0. The molecule has 0 N–H and O–H groups in total. The van der Waals surface area contributed by atoms with E-state index >= 15 is 0 Å². The molecule has 0 saturated carbocycles. The van der Waals surface area contributed by atoms with Gasteiger partial charge in [-0.3, -0.25) is 0 Å². The zero-order valence-electron chi connectivity index (χ0n) is 5.06. The number of rotatable bonds is 2. The van der Waals surface area contributed by atoms with Crippen LogP contribution in [0.1, 0.15) is 0 Å². The molecule has 0 spiro atoms. The van der Waals surface area contributed by atoms with Crippen molar-refractivity contribution in [3.8, 4) is 0 Å². The van der Waals surface area contributed by atoms with E-state index in [0.29, 0.717) is 0 Å². The Hall–Kier alpha value is -1.42. The standard InChI is InChI=1S/C4H5N3O3/c5-7-6-1-3-2-9-4(8)10-3/h3H,1-2H2. The van der Waals surface area contributed by atoms with Crippen LogP contribution in [0.5, 0.6) is 0 Å². The van der Waals surface area contributed by atoms with E-state index < -0.39 is 12.3 Å². The minimum absolute atomic E-state index is 0.141. The van der Waals surface area contributed by atoms with Crippen LogP contribution in [0.3, 0.4) is 0 Å². The average molecular weight is 143 g/mol. The second kappa shape index (κ2) is 2.93. The minimum atomic E-state index is -0.696. The lowest BCUT2D eigenvalue weighted by atomic mass is 10.4. The normalized spacial score (nSPS) is 22.8. The molecule has 0 aromatic carbocycles. The molecule has 6 heteroatoms. The third kappa shape index (κ3) is 1.53. The fourth-order valence-corrected chi connectivity index (χ4v) is 0.583. The van der Waals surface area contributed by atoms with Crippen LogP contribution in [0.2, 0.25) is 0 Å². The van der Waals surface area contributed by atoms with Crippen LogP contribution in [0.4, 0.5) is 4.79 Å². The lowest BCUT2D eigenvalue weighted by molar-refractivity contribution is 0.119. The summed E-state index contributed by atoms with van der Waals surface area (Å²) in [6.45, 7) is 0.320. The third-order valence-corrected chi connectivity index (χ3v) is 0.998. The first-order chi connectivity index (χ1) is 4.83. The zero-order valence-corrected chi connectivity index (χ0v) is 5.06. The number of hydrogen-bond acceptors (Lipinski definition) is 4. The van der Waals surface area contributed by atoms with Gasteiger partial charge in [0.2, 0.25) is 0 Å². The van der Waals surface area contributed by atoms with Gasteiger partial charge in [-0.15, -0.1) is 0 Å². The molecule has 1 fully saturated rings. The molecule has 0 aromatic heterocycles. The molecule has 10 heavy (non-hydrogen) atoms. The van der Waals surface area contributed by atoms with Gasteiger partial charge in [0, 0.05) is 4.91 Å². The SMILES string of the molecule is [N-]=[N+]=NCC1COC(=O)O1. The van der Waals surface area contributed by atoms with Crippen molar-refractivity contribution in [1.29, 1.82) is 0 Å². The molecular formula is C4H5N3O3. The minimum Gasteiger partial charge on any atom is -0.430 e. The van der Waals surface area contributed by atoms with Crippen LogP contribution in [-0.2, 0) is 9.47 Å². The van der Waals surface area contributed by atoms with E-state index in [1.165, 1.54) is 0 Å². The largest absolute Gasteiger partial charge is 0.508 e. The Morgan fingerprint density at radius 1 is 1.90 bits per heavy atom. The Labute approximate surface area is 56.4 Å². The summed E-state index contributed by atoms with van der Waals surface area (Å²) in [4.78, 5) is 12.7. The monoisotopic (exact) mass is 143 g/mol. The highest BCUT2D eigenvalue weighted by Crippen LogP contribution is 2.05. The predicted molar refractivity (Wildman–Crippen MR) is 30.2 cm³/mol. The quantitative estimate of drug-likeness (QED) is 0.248. The molecule has 1 unspecified atom stereocenters. The van der Waals surface area contributed by atoms with Crippen LogP contribution in [-0.4, -0.2) is 25.4 Å². The topological polar surface area (TPSA) is 84.3 Å². The number of hydrogen-bond donors (Lipinski definition) is 0. The highest BCUT2D eigenvalue weighted by Gasteiger charge is 2.23. The smallest absolute Gasteiger partial charge is 0.430 e. The second-order valence-corrected chi connectivity index (χ2v) is 1.71. The predicted octanol–water partition coefficient (Wildman–Crippen LogP) is 0.832. The summed E-state index contributed by atoms with van der Waals surface area (Å²) in [5, 5.41) is 3.21. The molecule has 1 aliphatic rings. The summed E-state index contributed by atoms with van der Waals surface area (Å²) < 4.78 is 8.96. The first kappa shape index (κ1) is 6.70. The molecule has 54 valence electrons. The van der Waals surface area contributed by atoms with Crippen LogP contribution in [0.15, 0.2) is 5.11 Å². The number of azide groups is 1. The van der Waals surface area contributed by atoms with Gasteiger partial charge in [-0.1, -0.05) is 5.11 Å². The Bertz CT molecular complexity index is 186. The van der Waals surface area contributed by atoms with E-state index in [2.05, 4.69) is 19.5 Å². The summed E-state index contributed by atoms with van der Waals surface area (Å²) >= 11 is 0. The van der Waals surface area contributed by atoms with Crippen molar-refractivity contribution in [2.75, 3.05) is 13.2 Å². The summed E-state index contributed by atoms with van der Waals surface area (Å²) in [5.41, 5.74) is 7.87. The highest BCUT2D eigenvalue weighted by molar-refractivity contribution is 5.61. The third-order valence-electron chi connectivity index (χ3n) is 0.998. The number of nitrogens with zero attached hydrogens (tertiary/aromatic N) is 3. The molecule has 1 atom stereocenters. The Kier molecular flexibility index (Phi) is 1.96. The molecule has 6 nitrogen and oxygen atoms in total. The summed E-state index contributed by atoms with van der Waals surface area (Å²) in [6, 6.07) is 0. The van der Waals surface area contributed by atoms with E-state index in [0.717, 1.165) is 0 Å². The molecular weight excluding hydrogens is 138 g/mol. The van der Waals surface area contributed by atoms with E-state index in [-0.39, 0.29) is 13.2 Å². The van der Waals surface area contributed by atoms with Gasteiger partial charge in [-0.05, 0) is 5.53 Å². The highest BCUT2D eigenvalue weighted by atomic mass is 16.8. The van der Waals surface area contributed by atoms with E-state index in [9.17, 15) is 4.79 Å². The van der Waals surface area contributed by atoms with Crippen molar-refractivity contribution in [3.63, 3.8) is 0 Å². The lowest BCUT2D eigenvalue weighted by Gasteiger charge is -1.97. The maximum atomic E-state index is 10.2. The Morgan fingerprint density at radius 2 is 2.70 bits per heavy atom. The van der Waals surface area contributed by atoms with Crippen molar-refractivity contribution in [3.05, 3.63) is 10.4 Å². The molecule has 1 rings (SSSR count). The number of carbonyl (C=O) groups is 1. The molecule has 1 aliphatic heterocycles. The second-order valence-electron chi connectivity index (χ2n) is 1.71. The fraction of sp³-hybridized carbons (Fsp3) is 0.750. The van der Waals surface area contributed by atoms with Gasteiger partial charge in [0.15, 0.2) is 0 Å². The van der Waals surface area contributed by atoms with Crippen molar-refractivity contribution in [2.45, 2.75) is 6.10 Å². The average Bonchev–Trinajstić information content (AvgIpc) is 2.31. The molecule has 0 aliphatic carbocycles. The van der Waals surface area contributed by atoms with Gasteiger partial charge in [0.1, 0.15) is 12.7 Å². The van der Waals surface area contributed by atoms with Crippen molar-refractivity contribution in [1.82, 2.24) is 0 Å². The van der Waals surface area contributed by atoms with E-state index in [1.54, 1.807) is 0 Å². The van der Waals surface area contributed by atoms with Crippen molar-refractivity contribution >= 4 is 6.16 Å². The molecule has 0 bridgehead atoms. The fourth-order valence-electron chi connectivity index (χ4n) is 0.583. The van der Waals surface area contributed by atoms with Crippen molar-refractivity contribution in [2.24, 2.45) is 5.11 Å². The Balaban J connectivity index is 2.31. The van der Waals surface area contributed by atoms with E-state index in [4.69, 9.17) is 5.53 Å². The maximum absolute atomic E-state index is 10.2. The maximum Gasteiger partial charge on any atom is 0.508 e. The van der Waals surface area contributed by atoms with Gasteiger partial charge in [-0.2, -0.15) is 0 Å². The molecule has 0 radical (unpaired) electrons. The number of cyclic esters (lactones) is 2.